The zero-order chi connectivity index (χ0) is 12.5. The van der Waals surface area contributed by atoms with Crippen molar-refractivity contribution in [2.75, 3.05) is 5.73 Å². The number of carbonyl (C=O) groups excluding carboxylic acids is 1. The molecule has 0 aromatic carbocycles. The lowest BCUT2D eigenvalue weighted by Crippen LogP contribution is -2.08. The van der Waals surface area contributed by atoms with Gasteiger partial charge in [-0.15, -0.1) is 0 Å². The molecule has 86 valence electrons. The fraction of sp³-hybridized carbons (Fsp3) is 0.143. The molecule has 0 fully saturated rings. The van der Waals surface area contributed by atoms with E-state index in [-0.39, 0.29) is 0 Å². The molecule has 0 aliphatic carbocycles. The lowest BCUT2D eigenvalue weighted by Gasteiger charge is -2.06. The number of rotatable bonds is 3. The van der Waals surface area contributed by atoms with Gasteiger partial charge in [-0.2, -0.15) is 0 Å². The van der Waals surface area contributed by atoms with Gasteiger partial charge in [0.25, 0.3) is 11.7 Å². The van der Waals surface area contributed by atoms with E-state index in [1.54, 1.807) is 0 Å². The second-order valence-electron chi connectivity index (χ2n) is 2.65. The average molecular weight is 252 g/mol. The van der Waals surface area contributed by atoms with Crippen LogP contribution in [-0.2, 0) is 0 Å². The first-order chi connectivity index (χ1) is 7.36. The molecule has 0 spiro atoms. The van der Waals surface area contributed by atoms with E-state index in [9.17, 15) is 23.7 Å². The number of hydrogen-bond acceptors (Lipinski definition) is 5. The Morgan fingerprint density at radius 3 is 2.56 bits per heavy atom. The summed E-state index contributed by atoms with van der Waals surface area (Å²) in [7, 11) is 0. The van der Waals surface area contributed by atoms with Crippen LogP contribution in [0.1, 0.15) is 22.3 Å². The quantitative estimate of drug-likeness (QED) is 0.502. The largest absolute Gasteiger partial charge is 0.391 e. The molecule has 0 amide bonds. The van der Waals surface area contributed by atoms with E-state index >= 15 is 0 Å². The van der Waals surface area contributed by atoms with Crippen molar-refractivity contribution in [1.29, 1.82) is 0 Å². The smallest absolute Gasteiger partial charge is 0.387 e. The number of nitro groups is 1. The number of halogens is 3. The van der Waals surface area contributed by atoms with Gasteiger partial charge in [-0.05, 0) is 21.5 Å². The summed E-state index contributed by atoms with van der Waals surface area (Å²) in [5.74, 6) is -0.933. The molecule has 0 unspecified atom stereocenters. The van der Waals surface area contributed by atoms with E-state index in [4.69, 9.17) is 17.3 Å². The first-order valence-corrected chi connectivity index (χ1v) is 4.14. The molecular formula is C7H4ClF2N3O3. The molecule has 1 aromatic rings. The molecule has 9 heteroatoms. The molecule has 1 rings (SSSR count). The van der Waals surface area contributed by atoms with Gasteiger partial charge < -0.3 is 15.8 Å². The number of hydrogen-bond donors (Lipinski definition) is 1. The van der Waals surface area contributed by atoms with Gasteiger partial charge in [-0.3, -0.25) is 4.79 Å². The molecule has 0 saturated heterocycles. The molecule has 2 N–H and O–H groups in total. The maximum Gasteiger partial charge on any atom is 0.387 e. The van der Waals surface area contributed by atoms with Crippen molar-refractivity contribution in [3.63, 3.8) is 0 Å². The summed E-state index contributed by atoms with van der Waals surface area (Å²) >= 11 is 5.02. The summed E-state index contributed by atoms with van der Waals surface area (Å²) in [6.07, 6.45) is -2.55. The number of nitrogen functional groups attached to an aromatic ring is 1. The van der Waals surface area contributed by atoms with Crippen LogP contribution in [0.5, 0.6) is 0 Å². The highest BCUT2D eigenvalue weighted by Crippen LogP contribution is 2.33. The van der Waals surface area contributed by atoms with Gasteiger partial charge in [-0.1, -0.05) is 0 Å². The maximum atomic E-state index is 12.6. The predicted octanol–water partition coefficient (Wildman–Crippen LogP) is 1.89. The Hall–Kier alpha value is -1.83. The number of alkyl halides is 2. The highest BCUT2D eigenvalue weighted by molar-refractivity contribution is 6.68. The molecule has 16 heavy (non-hydrogen) atoms. The lowest BCUT2D eigenvalue weighted by molar-refractivity contribution is -0.388. The average Bonchev–Trinajstić information content (AvgIpc) is 2.15. The topological polar surface area (TPSA) is 99.1 Å². The van der Waals surface area contributed by atoms with E-state index in [2.05, 4.69) is 4.98 Å². The second-order valence-corrected chi connectivity index (χ2v) is 3.00. The van der Waals surface area contributed by atoms with E-state index in [1.165, 1.54) is 0 Å². The number of nitrogens with two attached hydrogens (primary N) is 1. The van der Waals surface area contributed by atoms with Crippen molar-refractivity contribution in [2.24, 2.45) is 0 Å². The van der Waals surface area contributed by atoms with Crippen LogP contribution in [0, 0.1) is 10.1 Å². The molecule has 1 heterocycles. The summed E-state index contributed by atoms with van der Waals surface area (Å²) in [4.78, 5) is 23.3. The van der Waals surface area contributed by atoms with Crippen molar-refractivity contribution >= 4 is 28.3 Å². The molecule has 0 atom stereocenters. The van der Waals surface area contributed by atoms with Crippen molar-refractivity contribution in [3.05, 3.63) is 27.4 Å². The highest BCUT2D eigenvalue weighted by Gasteiger charge is 2.28. The van der Waals surface area contributed by atoms with Crippen LogP contribution in [0.4, 0.5) is 20.3 Å². The third kappa shape index (κ3) is 2.06. The van der Waals surface area contributed by atoms with Gasteiger partial charge in [0.15, 0.2) is 6.20 Å². The summed E-state index contributed by atoms with van der Waals surface area (Å²) in [6, 6.07) is 0. The fourth-order valence-corrected chi connectivity index (χ4v) is 1.22. The Morgan fingerprint density at radius 2 is 2.19 bits per heavy atom. The monoisotopic (exact) mass is 251 g/mol. The van der Waals surface area contributed by atoms with Crippen LogP contribution in [0.2, 0.25) is 0 Å². The van der Waals surface area contributed by atoms with Crippen LogP contribution < -0.4 is 5.73 Å². The van der Waals surface area contributed by atoms with Gasteiger partial charge in [0.2, 0.25) is 0 Å². The van der Waals surface area contributed by atoms with Gasteiger partial charge in [-0.25, -0.2) is 8.78 Å². The molecule has 1 aromatic heterocycles. The number of carbonyl (C=O) groups is 1. The normalized spacial score (nSPS) is 10.5. The van der Waals surface area contributed by atoms with E-state index < -0.39 is 39.2 Å². The minimum absolute atomic E-state index is 0.602. The standard InChI is InChI=1S/C7H4ClF2N3O3/c8-5(14)2-1-12-7(13(15)16)4(11)3(2)6(9)10/h1,6H,11H2. The summed E-state index contributed by atoms with van der Waals surface area (Å²) < 4.78 is 25.1. The minimum atomic E-state index is -3.15. The number of pyridine rings is 1. The Kier molecular flexibility index (Phi) is 3.33. The van der Waals surface area contributed by atoms with Gasteiger partial charge in [0, 0.05) is 0 Å². The SMILES string of the molecule is Nc1c([N+](=O)[O-])ncc(C(=O)Cl)c1C(F)F. The van der Waals surface area contributed by atoms with Crippen LogP contribution in [0.25, 0.3) is 0 Å². The van der Waals surface area contributed by atoms with Gasteiger partial charge in [0.1, 0.15) is 5.69 Å². The van der Waals surface area contributed by atoms with Crippen molar-refractivity contribution < 1.29 is 18.5 Å². The van der Waals surface area contributed by atoms with Crippen LogP contribution in [0.3, 0.4) is 0 Å². The second kappa shape index (κ2) is 4.35. The van der Waals surface area contributed by atoms with Gasteiger partial charge in [0.05, 0.1) is 11.1 Å². The first-order valence-electron chi connectivity index (χ1n) is 3.77. The summed E-state index contributed by atoms with van der Waals surface area (Å²) in [5, 5.41) is 9.17. The van der Waals surface area contributed by atoms with Gasteiger partial charge >= 0.3 is 5.82 Å². The Balaban J connectivity index is 3.54. The lowest BCUT2D eigenvalue weighted by atomic mass is 10.1. The first kappa shape index (κ1) is 12.2. The number of anilines is 1. The third-order valence-corrected chi connectivity index (χ3v) is 1.94. The maximum absolute atomic E-state index is 12.6. The van der Waals surface area contributed by atoms with E-state index in [0.29, 0.717) is 6.20 Å². The number of aromatic nitrogens is 1. The van der Waals surface area contributed by atoms with Crippen LogP contribution in [0.15, 0.2) is 6.20 Å². The third-order valence-electron chi connectivity index (χ3n) is 1.74. The molecular weight excluding hydrogens is 248 g/mol. The number of nitrogens with zero attached hydrogens (tertiary/aromatic N) is 2. The molecule has 6 nitrogen and oxygen atoms in total. The summed E-state index contributed by atoms with van der Waals surface area (Å²) in [6.45, 7) is 0. The van der Waals surface area contributed by atoms with E-state index in [1.807, 2.05) is 0 Å². The Morgan fingerprint density at radius 1 is 1.62 bits per heavy atom. The Bertz CT molecular complexity index is 466. The molecule has 0 aliphatic heterocycles. The molecule has 0 bridgehead atoms. The Labute approximate surface area is 92.2 Å². The van der Waals surface area contributed by atoms with Crippen LogP contribution in [-0.4, -0.2) is 15.1 Å². The minimum Gasteiger partial charge on any atom is -0.391 e. The molecule has 0 saturated carbocycles. The fourth-order valence-electron chi connectivity index (χ4n) is 1.07. The van der Waals surface area contributed by atoms with Crippen molar-refractivity contribution in [1.82, 2.24) is 4.98 Å². The molecule has 0 radical (unpaired) electrons. The zero-order valence-electron chi connectivity index (χ0n) is 7.49. The van der Waals surface area contributed by atoms with Crippen molar-refractivity contribution in [3.8, 4) is 0 Å². The highest BCUT2D eigenvalue weighted by atomic mass is 35.5. The van der Waals surface area contributed by atoms with Crippen LogP contribution >= 0.6 is 11.6 Å². The molecule has 0 aliphatic rings. The zero-order valence-corrected chi connectivity index (χ0v) is 8.24. The van der Waals surface area contributed by atoms with E-state index in [0.717, 1.165) is 0 Å². The summed E-state index contributed by atoms with van der Waals surface area (Å²) in [5.41, 5.74) is 2.66. The predicted molar refractivity (Wildman–Crippen MR) is 50.4 cm³/mol. The van der Waals surface area contributed by atoms with Crippen molar-refractivity contribution in [2.45, 2.75) is 6.43 Å².